The van der Waals surface area contributed by atoms with E-state index < -0.39 is 0 Å². The maximum absolute atomic E-state index is 11.0. The van der Waals surface area contributed by atoms with Crippen LogP contribution < -0.4 is 16.0 Å². The molecule has 2 heteroatoms. The number of nitrogens with zero attached hydrogens (tertiary/aromatic N) is 1. The van der Waals surface area contributed by atoms with Gasteiger partial charge in [0.1, 0.15) is 0 Å². The lowest BCUT2D eigenvalue weighted by Gasteiger charge is -1.93. The van der Waals surface area contributed by atoms with Gasteiger partial charge in [-0.05, 0) is 11.3 Å². The van der Waals surface area contributed by atoms with Gasteiger partial charge in [-0.1, -0.05) is 13.2 Å². The van der Waals surface area contributed by atoms with E-state index in [9.17, 15) is 4.79 Å². The predicted octanol–water partition coefficient (Wildman–Crippen LogP) is -0.794. The summed E-state index contributed by atoms with van der Waals surface area (Å²) >= 11 is 0. The van der Waals surface area contributed by atoms with E-state index in [2.05, 4.69) is 13.2 Å². The summed E-state index contributed by atoms with van der Waals surface area (Å²) in [4.78, 5) is 11.0. The number of hydrogen-bond acceptors (Lipinski definition) is 1. The van der Waals surface area contributed by atoms with Crippen molar-refractivity contribution in [2.45, 2.75) is 0 Å². The van der Waals surface area contributed by atoms with E-state index in [0.29, 0.717) is 10.4 Å². The standard InChI is InChI=1S/C8H9NO/c1-6-4-5-9(3)8(10)7(6)2/h4-5H,1-2H2,3H3. The van der Waals surface area contributed by atoms with Gasteiger partial charge in [0.2, 0.25) is 0 Å². The highest BCUT2D eigenvalue weighted by atomic mass is 16.1. The van der Waals surface area contributed by atoms with E-state index in [1.165, 1.54) is 4.57 Å². The highest BCUT2D eigenvalue weighted by molar-refractivity contribution is 5.12. The monoisotopic (exact) mass is 135 g/mol. The molecule has 0 aromatic carbocycles. The molecule has 1 aromatic heterocycles. The third-order valence-electron chi connectivity index (χ3n) is 1.47. The Morgan fingerprint density at radius 3 is 2.60 bits per heavy atom. The first-order chi connectivity index (χ1) is 4.63. The van der Waals surface area contributed by atoms with Gasteiger partial charge in [0.05, 0.1) is 0 Å². The summed E-state index contributed by atoms with van der Waals surface area (Å²) in [5, 5.41) is 1.17. The van der Waals surface area contributed by atoms with Crippen molar-refractivity contribution in [3.63, 3.8) is 0 Å². The molecule has 0 aliphatic rings. The van der Waals surface area contributed by atoms with Crippen molar-refractivity contribution in [2.75, 3.05) is 0 Å². The van der Waals surface area contributed by atoms with Gasteiger partial charge in [-0.3, -0.25) is 4.79 Å². The lowest BCUT2D eigenvalue weighted by atomic mass is 10.3. The van der Waals surface area contributed by atoms with Crippen molar-refractivity contribution in [1.82, 2.24) is 4.57 Å². The summed E-state index contributed by atoms with van der Waals surface area (Å²) in [5.74, 6) is 0. The number of rotatable bonds is 0. The van der Waals surface area contributed by atoms with E-state index in [1.807, 2.05) is 0 Å². The fourth-order valence-electron chi connectivity index (χ4n) is 0.720. The van der Waals surface area contributed by atoms with Crippen molar-refractivity contribution in [3.8, 4) is 0 Å². The predicted molar refractivity (Wildman–Crippen MR) is 42.0 cm³/mol. The molecule has 0 aliphatic carbocycles. The van der Waals surface area contributed by atoms with E-state index in [4.69, 9.17) is 0 Å². The summed E-state index contributed by atoms with van der Waals surface area (Å²) in [6.07, 6.45) is 1.68. The van der Waals surface area contributed by atoms with Crippen molar-refractivity contribution in [1.29, 1.82) is 0 Å². The molecular formula is C8H9NO. The molecule has 0 aliphatic heterocycles. The van der Waals surface area contributed by atoms with E-state index in [-0.39, 0.29) is 5.56 Å². The van der Waals surface area contributed by atoms with Crippen LogP contribution in [0.15, 0.2) is 17.1 Å². The normalized spacial score (nSPS) is 9.70. The minimum atomic E-state index is -0.0764. The Labute approximate surface area is 58.7 Å². The molecular weight excluding hydrogens is 126 g/mol. The molecule has 0 amide bonds. The zero-order chi connectivity index (χ0) is 7.72. The van der Waals surface area contributed by atoms with Crippen molar-refractivity contribution in [3.05, 3.63) is 33.1 Å². The summed E-state index contributed by atoms with van der Waals surface area (Å²) in [7, 11) is 1.69. The highest BCUT2D eigenvalue weighted by Gasteiger charge is 1.88. The van der Waals surface area contributed by atoms with Crippen LogP contribution >= 0.6 is 0 Å². The minimum Gasteiger partial charge on any atom is -0.318 e. The minimum absolute atomic E-state index is 0.0764. The molecule has 0 fully saturated rings. The van der Waals surface area contributed by atoms with Crippen molar-refractivity contribution >= 4 is 13.2 Å². The van der Waals surface area contributed by atoms with E-state index in [1.54, 1.807) is 19.3 Å². The largest absolute Gasteiger partial charge is 0.318 e. The molecule has 2 nitrogen and oxygen atoms in total. The van der Waals surface area contributed by atoms with Gasteiger partial charge >= 0.3 is 0 Å². The Hall–Kier alpha value is -1.31. The average molecular weight is 135 g/mol. The van der Waals surface area contributed by atoms with Gasteiger partial charge in [-0.15, -0.1) is 0 Å². The molecule has 1 heterocycles. The molecule has 0 bridgehead atoms. The Bertz CT molecular complexity index is 389. The fraction of sp³-hybridized carbons (Fsp3) is 0.125. The van der Waals surface area contributed by atoms with Crippen LogP contribution in [-0.4, -0.2) is 4.57 Å². The first-order valence-corrected chi connectivity index (χ1v) is 2.96. The Kier molecular flexibility index (Phi) is 1.45. The molecule has 0 N–H and O–H groups in total. The maximum Gasteiger partial charge on any atom is 0.257 e. The van der Waals surface area contributed by atoms with E-state index in [0.717, 1.165) is 0 Å². The molecule has 0 radical (unpaired) electrons. The zero-order valence-corrected chi connectivity index (χ0v) is 5.92. The number of aromatic nitrogens is 1. The second kappa shape index (κ2) is 2.14. The Morgan fingerprint density at radius 1 is 1.50 bits per heavy atom. The molecule has 0 spiro atoms. The number of aryl methyl sites for hydroxylation is 1. The topological polar surface area (TPSA) is 22.0 Å². The smallest absolute Gasteiger partial charge is 0.257 e. The first kappa shape index (κ1) is 6.81. The van der Waals surface area contributed by atoms with Gasteiger partial charge in [0, 0.05) is 18.5 Å². The van der Waals surface area contributed by atoms with Crippen LogP contribution in [0.1, 0.15) is 0 Å². The van der Waals surface area contributed by atoms with Gasteiger partial charge in [-0.2, -0.15) is 0 Å². The van der Waals surface area contributed by atoms with Gasteiger partial charge in [0.15, 0.2) is 0 Å². The molecule has 10 heavy (non-hydrogen) atoms. The second-order valence-electron chi connectivity index (χ2n) is 2.24. The molecule has 1 rings (SSSR count). The summed E-state index contributed by atoms with van der Waals surface area (Å²) in [5.41, 5.74) is -0.0764. The van der Waals surface area contributed by atoms with Crippen LogP contribution in [-0.2, 0) is 7.05 Å². The van der Waals surface area contributed by atoms with Crippen LogP contribution in [0.3, 0.4) is 0 Å². The fourth-order valence-corrected chi connectivity index (χ4v) is 0.720. The second-order valence-corrected chi connectivity index (χ2v) is 2.24. The van der Waals surface area contributed by atoms with Crippen LogP contribution in [0.25, 0.3) is 13.2 Å². The maximum atomic E-state index is 11.0. The average Bonchev–Trinajstić information content (AvgIpc) is 1.93. The zero-order valence-electron chi connectivity index (χ0n) is 5.92. The van der Waals surface area contributed by atoms with Crippen LogP contribution in [0, 0.1) is 0 Å². The Balaban J connectivity index is 3.85. The lowest BCUT2D eigenvalue weighted by molar-refractivity contribution is 0.848. The lowest BCUT2D eigenvalue weighted by Crippen LogP contribution is -2.41. The Morgan fingerprint density at radius 2 is 2.10 bits per heavy atom. The molecule has 0 saturated carbocycles. The quantitative estimate of drug-likeness (QED) is 0.457. The van der Waals surface area contributed by atoms with Gasteiger partial charge in [-0.25, -0.2) is 0 Å². The number of hydrogen-bond donors (Lipinski definition) is 0. The summed E-state index contributed by atoms with van der Waals surface area (Å²) < 4.78 is 1.48. The molecule has 1 aromatic rings. The van der Waals surface area contributed by atoms with Gasteiger partial charge < -0.3 is 4.57 Å². The van der Waals surface area contributed by atoms with E-state index >= 15 is 0 Å². The molecule has 0 atom stereocenters. The summed E-state index contributed by atoms with van der Waals surface area (Å²) in [6, 6.07) is 1.77. The van der Waals surface area contributed by atoms with Crippen molar-refractivity contribution < 1.29 is 0 Å². The molecule has 0 unspecified atom stereocenters. The third-order valence-corrected chi connectivity index (χ3v) is 1.47. The van der Waals surface area contributed by atoms with Crippen LogP contribution in [0.5, 0.6) is 0 Å². The SMILES string of the molecule is C=c1ccn(C)c(=O)c1=C. The third kappa shape index (κ3) is 0.880. The summed E-state index contributed by atoms with van der Waals surface area (Å²) in [6.45, 7) is 7.23. The van der Waals surface area contributed by atoms with Crippen LogP contribution in [0.4, 0.5) is 0 Å². The van der Waals surface area contributed by atoms with Gasteiger partial charge in [0.25, 0.3) is 5.56 Å². The number of pyridine rings is 1. The first-order valence-electron chi connectivity index (χ1n) is 2.96. The van der Waals surface area contributed by atoms with Crippen LogP contribution in [0.2, 0.25) is 0 Å². The molecule has 52 valence electrons. The molecule has 0 saturated heterocycles. The van der Waals surface area contributed by atoms with Crippen molar-refractivity contribution in [2.24, 2.45) is 7.05 Å². The highest BCUT2D eigenvalue weighted by Crippen LogP contribution is 1.61.